The summed E-state index contributed by atoms with van der Waals surface area (Å²) in [5, 5.41) is 0. The number of aryl methyl sites for hydroxylation is 3. The zero-order valence-corrected chi connectivity index (χ0v) is 12.7. The van der Waals surface area contributed by atoms with Crippen LogP contribution >= 0.6 is 0 Å². The molecule has 0 amide bonds. The van der Waals surface area contributed by atoms with Gasteiger partial charge < -0.3 is 4.98 Å². The Morgan fingerprint density at radius 1 is 1.25 bits per heavy atom. The molecule has 2 aromatic rings. The predicted octanol–water partition coefficient (Wildman–Crippen LogP) is 1.86. The average molecular weight is 293 g/mol. The predicted molar refractivity (Wildman–Crippen MR) is 78.1 cm³/mol. The Labute approximate surface area is 119 Å². The second kappa shape index (κ2) is 5.76. The molecule has 0 aliphatic rings. The number of hydrogen-bond acceptors (Lipinski definition) is 3. The Morgan fingerprint density at radius 2 is 2.00 bits per heavy atom. The van der Waals surface area contributed by atoms with E-state index in [4.69, 9.17) is 0 Å². The minimum atomic E-state index is -3.46. The molecule has 1 aromatic carbocycles. The Bertz CT molecular complexity index is 705. The van der Waals surface area contributed by atoms with E-state index >= 15 is 0 Å². The maximum atomic E-state index is 12.2. The number of rotatable bonds is 5. The maximum absolute atomic E-state index is 12.2. The SMILES string of the molecule is Cc1ccc(S(=O)(=O)NCCc2cnc(C)[nH]2)c(C)c1. The molecule has 0 aliphatic carbocycles. The van der Waals surface area contributed by atoms with Crippen LogP contribution in [0.4, 0.5) is 0 Å². The minimum absolute atomic E-state index is 0.337. The molecule has 20 heavy (non-hydrogen) atoms. The van der Waals surface area contributed by atoms with Gasteiger partial charge in [0.15, 0.2) is 0 Å². The van der Waals surface area contributed by atoms with Crippen molar-refractivity contribution >= 4 is 10.0 Å². The summed E-state index contributed by atoms with van der Waals surface area (Å²) >= 11 is 0. The van der Waals surface area contributed by atoms with Gasteiger partial charge in [0.1, 0.15) is 5.82 Å². The van der Waals surface area contributed by atoms with E-state index in [0.717, 1.165) is 22.6 Å². The van der Waals surface area contributed by atoms with Crippen LogP contribution in [0.2, 0.25) is 0 Å². The van der Waals surface area contributed by atoms with Crippen molar-refractivity contribution in [3.8, 4) is 0 Å². The van der Waals surface area contributed by atoms with Crippen molar-refractivity contribution in [2.45, 2.75) is 32.1 Å². The van der Waals surface area contributed by atoms with E-state index in [0.29, 0.717) is 17.9 Å². The van der Waals surface area contributed by atoms with Gasteiger partial charge in [-0.05, 0) is 32.4 Å². The number of sulfonamides is 1. The Balaban J connectivity index is 2.04. The maximum Gasteiger partial charge on any atom is 0.240 e. The van der Waals surface area contributed by atoms with E-state index < -0.39 is 10.0 Å². The molecule has 0 saturated carbocycles. The fourth-order valence-corrected chi connectivity index (χ4v) is 3.35. The van der Waals surface area contributed by atoms with Gasteiger partial charge in [-0.3, -0.25) is 0 Å². The number of imidazole rings is 1. The summed E-state index contributed by atoms with van der Waals surface area (Å²) in [6.45, 7) is 5.96. The summed E-state index contributed by atoms with van der Waals surface area (Å²) in [4.78, 5) is 7.49. The molecule has 2 rings (SSSR count). The van der Waals surface area contributed by atoms with Crippen molar-refractivity contribution < 1.29 is 8.42 Å². The molecule has 0 aliphatic heterocycles. The highest BCUT2D eigenvalue weighted by atomic mass is 32.2. The van der Waals surface area contributed by atoms with E-state index in [1.165, 1.54) is 0 Å². The van der Waals surface area contributed by atoms with Crippen LogP contribution in [-0.4, -0.2) is 24.9 Å². The number of nitrogens with zero attached hydrogens (tertiary/aromatic N) is 1. The lowest BCUT2D eigenvalue weighted by Crippen LogP contribution is -2.26. The molecule has 2 N–H and O–H groups in total. The summed E-state index contributed by atoms with van der Waals surface area (Å²) in [5.74, 6) is 0.831. The first kappa shape index (κ1) is 14.7. The fraction of sp³-hybridized carbons (Fsp3) is 0.357. The number of hydrogen-bond donors (Lipinski definition) is 2. The Morgan fingerprint density at radius 3 is 2.60 bits per heavy atom. The zero-order chi connectivity index (χ0) is 14.8. The lowest BCUT2D eigenvalue weighted by Gasteiger charge is -2.09. The lowest BCUT2D eigenvalue weighted by molar-refractivity contribution is 0.580. The molecule has 5 nitrogen and oxygen atoms in total. The number of benzene rings is 1. The van der Waals surface area contributed by atoms with Gasteiger partial charge in [0.05, 0.1) is 4.90 Å². The van der Waals surface area contributed by atoms with Gasteiger partial charge in [-0.1, -0.05) is 17.7 Å². The molecule has 0 radical (unpaired) electrons. The molecule has 0 bridgehead atoms. The van der Waals surface area contributed by atoms with Crippen molar-refractivity contribution in [1.29, 1.82) is 0 Å². The van der Waals surface area contributed by atoms with Crippen molar-refractivity contribution in [2.24, 2.45) is 0 Å². The van der Waals surface area contributed by atoms with Crippen LogP contribution in [0, 0.1) is 20.8 Å². The number of nitrogens with one attached hydrogen (secondary N) is 2. The second-order valence-corrected chi connectivity index (χ2v) is 6.65. The third-order valence-electron chi connectivity index (χ3n) is 3.06. The van der Waals surface area contributed by atoms with Crippen molar-refractivity contribution in [2.75, 3.05) is 6.54 Å². The summed E-state index contributed by atoms with van der Waals surface area (Å²) in [6, 6.07) is 5.32. The number of aromatic nitrogens is 2. The first-order valence-electron chi connectivity index (χ1n) is 6.46. The van der Waals surface area contributed by atoms with Gasteiger partial charge in [-0.15, -0.1) is 0 Å². The van der Waals surface area contributed by atoms with Gasteiger partial charge in [0.25, 0.3) is 0 Å². The highest BCUT2D eigenvalue weighted by Gasteiger charge is 2.16. The zero-order valence-electron chi connectivity index (χ0n) is 11.9. The first-order chi connectivity index (χ1) is 9.38. The van der Waals surface area contributed by atoms with E-state index in [1.807, 2.05) is 19.9 Å². The van der Waals surface area contributed by atoms with Crippen molar-refractivity contribution in [1.82, 2.24) is 14.7 Å². The highest BCUT2D eigenvalue weighted by Crippen LogP contribution is 2.16. The smallest absolute Gasteiger partial charge is 0.240 e. The van der Waals surface area contributed by atoms with Crippen LogP contribution < -0.4 is 4.72 Å². The third kappa shape index (κ3) is 3.46. The molecule has 0 fully saturated rings. The topological polar surface area (TPSA) is 74.8 Å². The van der Waals surface area contributed by atoms with E-state index in [9.17, 15) is 8.42 Å². The van der Waals surface area contributed by atoms with Crippen LogP contribution in [-0.2, 0) is 16.4 Å². The lowest BCUT2D eigenvalue weighted by atomic mass is 10.2. The third-order valence-corrected chi connectivity index (χ3v) is 4.68. The Kier molecular flexibility index (Phi) is 4.25. The van der Waals surface area contributed by atoms with Crippen LogP contribution in [0.1, 0.15) is 22.6 Å². The first-order valence-corrected chi connectivity index (χ1v) is 7.94. The molecule has 1 heterocycles. The molecule has 0 unspecified atom stereocenters. The molecule has 0 spiro atoms. The average Bonchev–Trinajstić information content (AvgIpc) is 2.74. The number of H-pyrrole nitrogens is 1. The number of aromatic amines is 1. The van der Waals surface area contributed by atoms with E-state index in [-0.39, 0.29) is 0 Å². The summed E-state index contributed by atoms with van der Waals surface area (Å²) in [5.41, 5.74) is 2.73. The van der Waals surface area contributed by atoms with Gasteiger partial charge in [-0.2, -0.15) is 0 Å². The van der Waals surface area contributed by atoms with E-state index in [2.05, 4.69) is 14.7 Å². The quantitative estimate of drug-likeness (QED) is 0.883. The summed E-state index contributed by atoms with van der Waals surface area (Å²) in [7, 11) is -3.46. The molecule has 0 saturated heterocycles. The Hall–Kier alpha value is -1.66. The van der Waals surface area contributed by atoms with Crippen LogP contribution in [0.5, 0.6) is 0 Å². The molecular weight excluding hydrogens is 274 g/mol. The monoisotopic (exact) mass is 293 g/mol. The minimum Gasteiger partial charge on any atom is -0.346 e. The molecule has 0 atom stereocenters. The molecular formula is C14H19N3O2S. The van der Waals surface area contributed by atoms with Crippen molar-refractivity contribution in [3.63, 3.8) is 0 Å². The van der Waals surface area contributed by atoms with E-state index in [1.54, 1.807) is 25.3 Å². The largest absolute Gasteiger partial charge is 0.346 e. The van der Waals surface area contributed by atoms with Gasteiger partial charge in [-0.25, -0.2) is 18.1 Å². The molecule has 108 valence electrons. The van der Waals surface area contributed by atoms with Crippen LogP contribution in [0.15, 0.2) is 29.3 Å². The van der Waals surface area contributed by atoms with Gasteiger partial charge >= 0.3 is 0 Å². The molecule has 1 aromatic heterocycles. The fourth-order valence-electron chi connectivity index (χ4n) is 2.10. The van der Waals surface area contributed by atoms with Crippen LogP contribution in [0.3, 0.4) is 0 Å². The standard InChI is InChI=1S/C14H19N3O2S/c1-10-4-5-14(11(2)8-10)20(18,19)16-7-6-13-9-15-12(3)17-13/h4-5,8-9,16H,6-7H2,1-3H3,(H,15,17). The molecule has 6 heteroatoms. The van der Waals surface area contributed by atoms with Gasteiger partial charge in [0, 0.05) is 24.9 Å². The second-order valence-electron chi connectivity index (χ2n) is 4.91. The summed E-state index contributed by atoms with van der Waals surface area (Å²) in [6.07, 6.45) is 2.31. The normalized spacial score (nSPS) is 11.8. The summed E-state index contributed by atoms with van der Waals surface area (Å²) < 4.78 is 27.1. The van der Waals surface area contributed by atoms with Gasteiger partial charge in [0.2, 0.25) is 10.0 Å². The highest BCUT2D eigenvalue weighted by molar-refractivity contribution is 7.89. The van der Waals surface area contributed by atoms with Crippen LogP contribution in [0.25, 0.3) is 0 Å². The van der Waals surface area contributed by atoms with Crippen molar-refractivity contribution in [3.05, 3.63) is 47.0 Å².